The zero-order chi connectivity index (χ0) is 22.9. The zero-order valence-corrected chi connectivity index (χ0v) is 20.6. The minimum Gasteiger partial charge on any atom is -0.348 e. The second-order valence-corrected chi connectivity index (χ2v) is 10.8. The largest absolute Gasteiger partial charge is 0.348 e. The number of hydrogen-bond acceptors (Lipinski definition) is 5. The Morgan fingerprint density at radius 1 is 1.19 bits per heavy atom. The van der Waals surface area contributed by atoms with Crippen molar-refractivity contribution in [3.8, 4) is 0 Å². The minimum absolute atomic E-state index is 0.00719. The molecule has 0 aromatic carbocycles. The highest BCUT2D eigenvalue weighted by Crippen LogP contribution is 2.24. The SMILES string of the molecule is CCN(C)S(=O)(=O)c1c(C)nn(CC(=O)c2cc(C)n(CCc3cccs3)c2C)c1C. The molecule has 0 amide bonds. The van der Waals surface area contributed by atoms with Gasteiger partial charge in [0, 0.05) is 42.0 Å². The van der Waals surface area contributed by atoms with Gasteiger partial charge in [0.1, 0.15) is 11.4 Å². The van der Waals surface area contributed by atoms with Gasteiger partial charge in [0.2, 0.25) is 10.0 Å². The average molecular weight is 463 g/mol. The fourth-order valence-electron chi connectivity index (χ4n) is 3.86. The number of rotatable bonds is 9. The first kappa shape index (κ1) is 23.4. The van der Waals surface area contributed by atoms with Crippen molar-refractivity contribution < 1.29 is 13.2 Å². The van der Waals surface area contributed by atoms with E-state index in [0.29, 0.717) is 23.5 Å². The van der Waals surface area contributed by atoms with E-state index in [9.17, 15) is 13.2 Å². The van der Waals surface area contributed by atoms with E-state index in [0.717, 1.165) is 24.4 Å². The van der Waals surface area contributed by atoms with E-state index in [1.165, 1.54) is 13.9 Å². The van der Waals surface area contributed by atoms with Crippen LogP contribution in [0.25, 0.3) is 0 Å². The molecular weight excluding hydrogens is 432 g/mol. The summed E-state index contributed by atoms with van der Waals surface area (Å²) in [5, 5.41) is 6.44. The molecule has 9 heteroatoms. The zero-order valence-electron chi connectivity index (χ0n) is 19.0. The molecule has 0 N–H and O–H groups in total. The molecule has 0 spiro atoms. The maximum atomic E-state index is 13.1. The summed E-state index contributed by atoms with van der Waals surface area (Å²) >= 11 is 1.74. The molecule has 3 aromatic rings. The van der Waals surface area contributed by atoms with E-state index >= 15 is 0 Å². The Balaban J connectivity index is 1.84. The molecule has 0 radical (unpaired) electrons. The molecule has 0 aliphatic rings. The van der Waals surface area contributed by atoms with Crippen molar-refractivity contribution in [2.24, 2.45) is 0 Å². The number of ketones is 1. The molecule has 168 valence electrons. The summed E-state index contributed by atoms with van der Waals surface area (Å²) in [4.78, 5) is 14.6. The highest BCUT2D eigenvalue weighted by atomic mass is 32.2. The summed E-state index contributed by atoms with van der Waals surface area (Å²) < 4.78 is 30.6. The van der Waals surface area contributed by atoms with Crippen LogP contribution < -0.4 is 0 Å². The van der Waals surface area contributed by atoms with Gasteiger partial charge in [-0.15, -0.1) is 11.3 Å². The maximum absolute atomic E-state index is 13.1. The van der Waals surface area contributed by atoms with E-state index in [2.05, 4.69) is 21.1 Å². The second kappa shape index (κ2) is 9.10. The van der Waals surface area contributed by atoms with Gasteiger partial charge in [-0.2, -0.15) is 5.10 Å². The maximum Gasteiger partial charge on any atom is 0.246 e. The van der Waals surface area contributed by atoms with Gasteiger partial charge in [-0.1, -0.05) is 13.0 Å². The summed E-state index contributed by atoms with van der Waals surface area (Å²) in [7, 11) is -2.09. The third kappa shape index (κ3) is 4.53. The normalized spacial score (nSPS) is 12.1. The van der Waals surface area contributed by atoms with Crippen LogP contribution in [0.2, 0.25) is 0 Å². The van der Waals surface area contributed by atoms with Crippen LogP contribution in [0.3, 0.4) is 0 Å². The van der Waals surface area contributed by atoms with Crippen LogP contribution in [-0.4, -0.2) is 46.4 Å². The molecule has 0 atom stereocenters. The van der Waals surface area contributed by atoms with Gasteiger partial charge in [0.25, 0.3) is 0 Å². The Bertz CT molecular complexity index is 1190. The van der Waals surface area contributed by atoms with E-state index in [4.69, 9.17) is 0 Å². The first-order valence-corrected chi connectivity index (χ1v) is 12.6. The smallest absolute Gasteiger partial charge is 0.246 e. The first-order chi connectivity index (χ1) is 14.6. The van der Waals surface area contributed by atoms with Crippen molar-refractivity contribution in [1.29, 1.82) is 0 Å². The Labute approximate surface area is 188 Å². The molecule has 3 heterocycles. The Morgan fingerprint density at radius 2 is 1.90 bits per heavy atom. The Morgan fingerprint density at radius 3 is 2.52 bits per heavy atom. The molecule has 0 bridgehead atoms. The lowest BCUT2D eigenvalue weighted by molar-refractivity contribution is 0.0966. The number of Topliss-reactive ketones (excluding diaryl/α,β-unsaturated/α-hetero) is 1. The fraction of sp³-hybridized carbons (Fsp3) is 0.455. The van der Waals surface area contributed by atoms with Crippen LogP contribution in [0.5, 0.6) is 0 Å². The van der Waals surface area contributed by atoms with Crippen LogP contribution in [0, 0.1) is 27.7 Å². The van der Waals surface area contributed by atoms with Crippen molar-refractivity contribution in [2.45, 2.75) is 59.0 Å². The number of thiophene rings is 1. The molecule has 3 aromatic heterocycles. The van der Waals surface area contributed by atoms with E-state index in [-0.39, 0.29) is 17.2 Å². The van der Waals surface area contributed by atoms with Crippen molar-refractivity contribution in [3.05, 3.63) is 56.8 Å². The van der Waals surface area contributed by atoms with E-state index < -0.39 is 10.0 Å². The molecule has 0 aliphatic carbocycles. The molecular formula is C22H30N4O3S2. The van der Waals surface area contributed by atoms with Crippen molar-refractivity contribution in [3.63, 3.8) is 0 Å². The molecule has 7 nitrogen and oxygen atoms in total. The summed E-state index contributed by atoms with van der Waals surface area (Å²) in [6, 6.07) is 6.08. The Hall–Kier alpha value is -2.23. The van der Waals surface area contributed by atoms with Crippen LogP contribution >= 0.6 is 11.3 Å². The van der Waals surface area contributed by atoms with Gasteiger partial charge in [-0.25, -0.2) is 12.7 Å². The summed E-state index contributed by atoms with van der Waals surface area (Å²) in [6.45, 7) is 10.3. The molecule has 3 rings (SSSR count). The highest BCUT2D eigenvalue weighted by molar-refractivity contribution is 7.89. The Kier molecular flexibility index (Phi) is 6.88. The molecule has 0 unspecified atom stereocenters. The quantitative estimate of drug-likeness (QED) is 0.454. The van der Waals surface area contributed by atoms with Gasteiger partial charge in [0.05, 0.1) is 11.4 Å². The van der Waals surface area contributed by atoms with Gasteiger partial charge >= 0.3 is 0 Å². The van der Waals surface area contributed by atoms with Crippen molar-refractivity contribution >= 4 is 27.1 Å². The third-order valence-corrected chi connectivity index (χ3v) is 8.88. The van der Waals surface area contributed by atoms with Crippen LogP contribution in [-0.2, 0) is 29.5 Å². The number of aryl methyl sites for hydroxylation is 3. The number of aromatic nitrogens is 3. The fourth-order valence-corrected chi connectivity index (χ4v) is 6.10. The molecule has 0 saturated heterocycles. The molecule has 0 aliphatic heterocycles. The van der Waals surface area contributed by atoms with Gasteiger partial charge in [0.15, 0.2) is 5.78 Å². The average Bonchev–Trinajstić information content (AvgIpc) is 3.39. The van der Waals surface area contributed by atoms with E-state index in [1.54, 1.807) is 39.2 Å². The summed E-state index contributed by atoms with van der Waals surface area (Å²) in [6.07, 6.45) is 0.922. The van der Waals surface area contributed by atoms with Crippen LogP contribution in [0.15, 0.2) is 28.5 Å². The van der Waals surface area contributed by atoms with Crippen LogP contribution in [0.1, 0.15) is 44.9 Å². The third-order valence-electron chi connectivity index (χ3n) is 5.76. The van der Waals surface area contributed by atoms with Crippen LogP contribution in [0.4, 0.5) is 0 Å². The molecule has 0 fully saturated rings. The number of carbonyl (C=O) groups is 1. The lowest BCUT2D eigenvalue weighted by Gasteiger charge is -2.15. The van der Waals surface area contributed by atoms with Gasteiger partial charge in [-0.3, -0.25) is 9.48 Å². The monoisotopic (exact) mass is 462 g/mol. The number of carbonyl (C=O) groups excluding carboxylic acids is 1. The topological polar surface area (TPSA) is 77.2 Å². The van der Waals surface area contributed by atoms with Gasteiger partial charge < -0.3 is 4.57 Å². The number of hydrogen-bond donors (Lipinski definition) is 0. The molecule has 0 saturated carbocycles. The number of nitrogens with zero attached hydrogens (tertiary/aromatic N) is 4. The summed E-state index contributed by atoms with van der Waals surface area (Å²) in [5.41, 5.74) is 3.52. The van der Waals surface area contributed by atoms with Gasteiger partial charge in [-0.05, 0) is 51.6 Å². The second-order valence-electron chi connectivity index (χ2n) is 7.77. The predicted octanol–water partition coefficient (Wildman–Crippen LogP) is 3.75. The highest BCUT2D eigenvalue weighted by Gasteiger charge is 2.28. The van der Waals surface area contributed by atoms with Crippen molar-refractivity contribution in [2.75, 3.05) is 13.6 Å². The predicted molar refractivity (Wildman–Crippen MR) is 123 cm³/mol. The molecule has 31 heavy (non-hydrogen) atoms. The number of sulfonamides is 1. The van der Waals surface area contributed by atoms with Crippen molar-refractivity contribution in [1.82, 2.24) is 18.7 Å². The minimum atomic E-state index is -3.63. The standard InChI is InChI=1S/C22H30N4O3S2/c1-7-24(6)31(28,29)22-16(3)23-26(18(22)5)14-21(27)20-13-15(2)25(17(20)4)11-10-19-9-8-12-30-19/h8-9,12-13H,7,10-11,14H2,1-6H3. The first-order valence-electron chi connectivity index (χ1n) is 10.3. The lowest BCUT2D eigenvalue weighted by atomic mass is 10.1. The summed E-state index contributed by atoms with van der Waals surface area (Å²) in [5.74, 6) is -0.0751. The lowest BCUT2D eigenvalue weighted by Crippen LogP contribution is -2.27. The van der Waals surface area contributed by atoms with E-state index in [1.807, 2.05) is 26.0 Å².